The van der Waals surface area contributed by atoms with Crippen molar-refractivity contribution in [3.63, 3.8) is 0 Å². The molecule has 8 heteroatoms. The third kappa shape index (κ3) is 8.00. The normalized spacial score (nSPS) is 17.8. The molecule has 0 bridgehead atoms. The summed E-state index contributed by atoms with van der Waals surface area (Å²) in [6.45, 7) is 8.97. The number of morpholine rings is 1. The number of pyridine rings is 1. The maximum absolute atomic E-state index is 5.59. The van der Waals surface area contributed by atoms with Crippen LogP contribution in [-0.4, -0.2) is 89.1 Å². The second-order valence-corrected chi connectivity index (χ2v) is 7.15. The van der Waals surface area contributed by atoms with Crippen molar-refractivity contribution < 1.29 is 9.47 Å². The van der Waals surface area contributed by atoms with E-state index in [-0.39, 0.29) is 6.10 Å². The van der Waals surface area contributed by atoms with Gasteiger partial charge in [-0.05, 0) is 32.0 Å². The lowest BCUT2D eigenvalue weighted by Gasteiger charge is -2.32. The molecule has 1 aliphatic rings. The largest absolute Gasteiger partial charge is 0.385 e. The summed E-state index contributed by atoms with van der Waals surface area (Å²) in [7, 11) is 5.65. The summed E-state index contributed by atoms with van der Waals surface area (Å²) in [4.78, 5) is 13.5. The van der Waals surface area contributed by atoms with E-state index in [1.165, 1.54) is 0 Å². The van der Waals surface area contributed by atoms with Crippen LogP contribution >= 0.6 is 0 Å². The van der Waals surface area contributed by atoms with Gasteiger partial charge in [-0.3, -0.25) is 4.99 Å². The average molecular weight is 393 g/mol. The molecular formula is C20H36N6O2. The van der Waals surface area contributed by atoms with Gasteiger partial charge in [0.05, 0.1) is 12.7 Å². The lowest BCUT2D eigenvalue weighted by molar-refractivity contribution is 0.0529. The van der Waals surface area contributed by atoms with E-state index in [9.17, 15) is 0 Å². The number of ether oxygens (including phenoxy) is 2. The molecule has 0 radical (unpaired) electrons. The van der Waals surface area contributed by atoms with Gasteiger partial charge in [0.1, 0.15) is 5.82 Å². The van der Waals surface area contributed by atoms with Gasteiger partial charge in [-0.25, -0.2) is 4.98 Å². The first-order valence-electron chi connectivity index (χ1n) is 10.1. The monoisotopic (exact) mass is 392 g/mol. The maximum Gasteiger partial charge on any atom is 0.191 e. The van der Waals surface area contributed by atoms with Crippen molar-refractivity contribution in [3.8, 4) is 0 Å². The smallest absolute Gasteiger partial charge is 0.191 e. The Kier molecular flexibility index (Phi) is 10.0. The number of hydrogen-bond donors (Lipinski definition) is 2. The summed E-state index contributed by atoms with van der Waals surface area (Å²) in [5, 5.41) is 6.70. The molecule has 2 heterocycles. The van der Waals surface area contributed by atoms with E-state index in [2.05, 4.69) is 56.5 Å². The number of anilines is 1. The summed E-state index contributed by atoms with van der Waals surface area (Å²) in [6, 6.07) is 4.20. The molecule has 0 aliphatic carbocycles. The highest BCUT2D eigenvalue weighted by molar-refractivity contribution is 5.79. The van der Waals surface area contributed by atoms with Crippen LogP contribution in [0.5, 0.6) is 0 Å². The fraction of sp³-hybridized carbons (Fsp3) is 0.700. The molecule has 0 aromatic carbocycles. The van der Waals surface area contributed by atoms with Gasteiger partial charge in [0, 0.05) is 66.2 Å². The summed E-state index contributed by atoms with van der Waals surface area (Å²) in [5.41, 5.74) is 1.13. The van der Waals surface area contributed by atoms with Gasteiger partial charge in [0.25, 0.3) is 0 Å². The lowest BCUT2D eigenvalue weighted by atomic mass is 10.2. The zero-order valence-electron chi connectivity index (χ0n) is 17.8. The molecule has 1 fully saturated rings. The highest BCUT2D eigenvalue weighted by Gasteiger charge is 2.17. The van der Waals surface area contributed by atoms with Crippen LogP contribution in [0, 0.1) is 0 Å². The number of aromatic nitrogens is 1. The average Bonchev–Trinajstić information content (AvgIpc) is 2.71. The molecule has 1 unspecified atom stereocenters. The summed E-state index contributed by atoms with van der Waals surface area (Å²) >= 11 is 0. The van der Waals surface area contributed by atoms with E-state index >= 15 is 0 Å². The van der Waals surface area contributed by atoms with Gasteiger partial charge in [-0.2, -0.15) is 0 Å². The summed E-state index contributed by atoms with van der Waals surface area (Å²) in [5.74, 6) is 1.81. The Morgan fingerprint density at radius 3 is 2.93 bits per heavy atom. The molecule has 1 aromatic rings. The number of likely N-dealkylation sites (N-methyl/N-ethyl adjacent to an activating group) is 1. The van der Waals surface area contributed by atoms with Crippen LogP contribution in [0.3, 0.4) is 0 Å². The first-order chi connectivity index (χ1) is 13.6. The number of guanidine groups is 1. The quantitative estimate of drug-likeness (QED) is 0.349. The Bertz CT molecular complexity index is 581. The predicted octanol–water partition coefficient (Wildman–Crippen LogP) is 0.940. The Morgan fingerprint density at radius 1 is 1.39 bits per heavy atom. The second-order valence-electron chi connectivity index (χ2n) is 7.15. The number of methoxy groups -OCH3 is 1. The minimum atomic E-state index is 0.255. The van der Waals surface area contributed by atoms with Gasteiger partial charge in [-0.15, -0.1) is 0 Å². The van der Waals surface area contributed by atoms with Crippen LogP contribution < -0.4 is 15.5 Å². The van der Waals surface area contributed by atoms with E-state index in [0.717, 1.165) is 69.7 Å². The Hall–Kier alpha value is -1.90. The molecular weight excluding hydrogens is 356 g/mol. The molecule has 1 aliphatic heterocycles. The number of aliphatic imine (C=N–C) groups is 1. The highest BCUT2D eigenvalue weighted by atomic mass is 16.5. The fourth-order valence-corrected chi connectivity index (χ4v) is 3.10. The topological polar surface area (TPSA) is 74.2 Å². The van der Waals surface area contributed by atoms with Gasteiger partial charge in [-0.1, -0.05) is 6.07 Å². The van der Waals surface area contributed by atoms with Crippen molar-refractivity contribution in [2.45, 2.75) is 26.0 Å². The van der Waals surface area contributed by atoms with Crippen molar-refractivity contribution in [3.05, 3.63) is 23.9 Å². The standard InChI is InChI=1S/C20H36N6O2/c1-17-16-26(11-13-28-17)19-7-6-18(14-23-19)15-24-20(21-2)22-8-10-25(3)9-5-12-27-4/h6-7,14,17H,5,8-13,15-16H2,1-4H3,(H2,21,22,24). The van der Waals surface area contributed by atoms with Crippen molar-refractivity contribution in [2.75, 3.05) is 72.0 Å². The van der Waals surface area contributed by atoms with Crippen molar-refractivity contribution in [2.24, 2.45) is 4.99 Å². The van der Waals surface area contributed by atoms with Gasteiger partial charge < -0.3 is 29.9 Å². The minimum absolute atomic E-state index is 0.255. The molecule has 0 saturated carbocycles. The molecule has 1 aromatic heterocycles. The van der Waals surface area contributed by atoms with Crippen LogP contribution in [0.2, 0.25) is 0 Å². The van der Waals surface area contributed by atoms with Crippen LogP contribution in [0.4, 0.5) is 5.82 Å². The third-order valence-electron chi connectivity index (χ3n) is 4.73. The Morgan fingerprint density at radius 2 is 2.25 bits per heavy atom. The predicted molar refractivity (Wildman–Crippen MR) is 114 cm³/mol. The second kappa shape index (κ2) is 12.5. The van der Waals surface area contributed by atoms with E-state index in [1.54, 1.807) is 14.2 Å². The van der Waals surface area contributed by atoms with E-state index in [4.69, 9.17) is 9.47 Å². The number of hydrogen-bond acceptors (Lipinski definition) is 6. The van der Waals surface area contributed by atoms with E-state index in [0.29, 0.717) is 6.54 Å². The van der Waals surface area contributed by atoms with Gasteiger partial charge in [0.15, 0.2) is 5.96 Å². The number of nitrogens with zero attached hydrogens (tertiary/aromatic N) is 4. The zero-order chi connectivity index (χ0) is 20.2. The Labute approximate surface area is 169 Å². The van der Waals surface area contributed by atoms with Crippen LogP contribution in [0.25, 0.3) is 0 Å². The molecule has 28 heavy (non-hydrogen) atoms. The summed E-state index contributed by atoms with van der Waals surface area (Å²) in [6.07, 6.45) is 3.23. The summed E-state index contributed by atoms with van der Waals surface area (Å²) < 4.78 is 10.7. The SMILES string of the molecule is CN=C(NCCN(C)CCCOC)NCc1ccc(N2CCOC(C)C2)nc1. The van der Waals surface area contributed by atoms with Crippen LogP contribution in [-0.2, 0) is 16.0 Å². The maximum atomic E-state index is 5.59. The number of rotatable bonds is 10. The molecule has 1 atom stereocenters. The molecule has 0 amide bonds. The molecule has 2 rings (SSSR count). The van der Waals surface area contributed by atoms with Crippen molar-refractivity contribution in [1.82, 2.24) is 20.5 Å². The lowest BCUT2D eigenvalue weighted by Crippen LogP contribution is -2.41. The Balaban J connectivity index is 1.69. The highest BCUT2D eigenvalue weighted by Crippen LogP contribution is 2.15. The minimum Gasteiger partial charge on any atom is -0.385 e. The zero-order valence-corrected chi connectivity index (χ0v) is 17.8. The number of nitrogens with one attached hydrogen (secondary N) is 2. The first-order valence-corrected chi connectivity index (χ1v) is 10.1. The molecule has 0 spiro atoms. The van der Waals surface area contributed by atoms with Crippen molar-refractivity contribution >= 4 is 11.8 Å². The van der Waals surface area contributed by atoms with Crippen LogP contribution in [0.15, 0.2) is 23.3 Å². The third-order valence-corrected chi connectivity index (χ3v) is 4.73. The van der Waals surface area contributed by atoms with E-state index < -0.39 is 0 Å². The first kappa shape index (κ1) is 22.4. The van der Waals surface area contributed by atoms with Crippen LogP contribution in [0.1, 0.15) is 18.9 Å². The van der Waals surface area contributed by atoms with Gasteiger partial charge >= 0.3 is 0 Å². The molecule has 2 N–H and O–H groups in total. The molecule has 8 nitrogen and oxygen atoms in total. The fourth-order valence-electron chi connectivity index (χ4n) is 3.10. The van der Waals surface area contributed by atoms with Gasteiger partial charge in [0.2, 0.25) is 0 Å². The molecule has 158 valence electrons. The van der Waals surface area contributed by atoms with Crippen molar-refractivity contribution in [1.29, 1.82) is 0 Å². The molecule has 1 saturated heterocycles. The van der Waals surface area contributed by atoms with E-state index in [1.807, 2.05) is 6.20 Å².